The van der Waals surface area contributed by atoms with Gasteiger partial charge in [0.15, 0.2) is 0 Å². The topological polar surface area (TPSA) is 43.9 Å². The fraction of sp³-hybridized carbons (Fsp3) is 0.636. The molecule has 2 aliphatic heterocycles. The number of hydrogen-bond donors (Lipinski definition) is 0. The lowest BCUT2D eigenvalue weighted by atomic mass is 9.66. The van der Waals surface area contributed by atoms with Gasteiger partial charge in [-0.3, -0.25) is 14.5 Å². The molecule has 4 atom stereocenters. The zero-order chi connectivity index (χ0) is 20.1. The van der Waals surface area contributed by atoms with Crippen molar-refractivity contribution >= 4 is 11.8 Å². The summed E-state index contributed by atoms with van der Waals surface area (Å²) in [6.07, 6.45) is 4.10. The fourth-order valence-corrected chi connectivity index (χ4v) is 6.04. The minimum absolute atomic E-state index is 0.00734. The Labute approximate surface area is 166 Å². The highest BCUT2D eigenvalue weighted by molar-refractivity contribution is 5.80. The summed E-state index contributed by atoms with van der Waals surface area (Å²) in [6, 6.07) is 7.28. The summed E-state index contributed by atoms with van der Waals surface area (Å²) in [6.45, 7) is 5.21. The molecule has 0 radical (unpaired) electrons. The summed E-state index contributed by atoms with van der Waals surface area (Å²) in [5, 5.41) is 0. The van der Waals surface area contributed by atoms with Crippen LogP contribution >= 0.6 is 0 Å². The molecule has 2 bridgehead atoms. The van der Waals surface area contributed by atoms with Gasteiger partial charge in [-0.25, -0.2) is 4.39 Å². The SMILES string of the molecule is CC(=O)N1[C@@H]2CN(C(=O)CN(C)Cc3ccccc3F)[C@@H]3CCC[C@H]1[C@]3(C)C2. The minimum atomic E-state index is -0.238. The van der Waals surface area contributed by atoms with E-state index in [2.05, 4.69) is 11.8 Å². The van der Waals surface area contributed by atoms with Crippen molar-refractivity contribution < 1.29 is 14.0 Å². The van der Waals surface area contributed by atoms with Gasteiger partial charge in [0.1, 0.15) is 5.82 Å². The Kier molecular flexibility index (Phi) is 4.94. The van der Waals surface area contributed by atoms with Gasteiger partial charge in [0.25, 0.3) is 0 Å². The van der Waals surface area contributed by atoms with Crippen LogP contribution in [0.4, 0.5) is 4.39 Å². The second-order valence-electron chi connectivity index (χ2n) is 9.06. The van der Waals surface area contributed by atoms with Gasteiger partial charge in [0.05, 0.1) is 12.6 Å². The lowest BCUT2D eigenvalue weighted by Gasteiger charge is -2.50. The van der Waals surface area contributed by atoms with Gasteiger partial charge in [-0.05, 0) is 38.8 Å². The maximum atomic E-state index is 13.9. The summed E-state index contributed by atoms with van der Waals surface area (Å²) in [5.41, 5.74) is 0.594. The average molecular weight is 387 g/mol. The van der Waals surface area contributed by atoms with Crippen LogP contribution in [0.25, 0.3) is 0 Å². The maximum Gasteiger partial charge on any atom is 0.237 e. The first-order chi connectivity index (χ1) is 13.3. The number of carbonyl (C=O) groups is 2. The number of likely N-dealkylation sites (N-methyl/N-ethyl adjacent to an activating group) is 1. The maximum absolute atomic E-state index is 13.9. The van der Waals surface area contributed by atoms with E-state index in [1.807, 2.05) is 22.9 Å². The zero-order valence-electron chi connectivity index (χ0n) is 17.0. The third-order valence-electron chi connectivity index (χ3n) is 7.15. The summed E-state index contributed by atoms with van der Waals surface area (Å²) in [4.78, 5) is 31.5. The fourth-order valence-electron chi connectivity index (χ4n) is 6.04. The number of fused-ring (bicyclic) bond motifs is 1. The predicted octanol–water partition coefficient (Wildman–Crippen LogP) is 2.65. The number of benzene rings is 1. The Morgan fingerprint density at radius 3 is 2.68 bits per heavy atom. The molecule has 5 nitrogen and oxygen atoms in total. The molecular formula is C22H30FN3O2. The molecule has 2 saturated heterocycles. The van der Waals surface area contributed by atoms with E-state index in [1.165, 1.54) is 6.07 Å². The van der Waals surface area contributed by atoms with E-state index in [0.29, 0.717) is 18.7 Å². The highest BCUT2D eigenvalue weighted by Crippen LogP contribution is 2.54. The number of piperidine rings is 1. The van der Waals surface area contributed by atoms with Gasteiger partial charge in [-0.2, -0.15) is 0 Å². The van der Waals surface area contributed by atoms with Crippen LogP contribution in [-0.4, -0.2) is 64.8 Å². The van der Waals surface area contributed by atoms with Crippen molar-refractivity contribution in [3.63, 3.8) is 0 Å². The molecular weight excluding hydrogens is 357 g/mol. The molecule has 3 aliphatic rings. The van der Waals surface area contributed by atoms with Gasteiger partial charge in [-0.15, -0.1) is 0 Å². The normalized spacial score (nSPS) is 31.4. The number of halogens is 1. The number of carbonyl (C=O) groups excluding carboxylic acids is 2. The molecule has 1 aliphatic carbocycles. The smallest absolute Gasteiger partial charge is 0.237 e. The number of nitrogens with zero attached hydrogens (tertiary/aromatic N) is 3. The van der Waals surface area contributed by atoms with Crippen LogP contribution in [0.5, 0.6) is 0 Å². The zero-order valence-corrected chi connectivity index (χ0v) is 17.0. The number of amides is 2. The Hall–Kier alpha value is -1.95. The van der Waals surface area contributed by atoms with Crippen LogP contribution in [-0.2, 0) is 16.1 Å². The number of likely N-dealkylation sites (tertiary alicyclic amines) is 2. The van der Waals surface area contributed by atoms with Crippen LogP contribution in [0.1, 0.15) is 45.1 Å². The molecule has 0 unspecified atom stereocenters. The summed E-state index contributed by atoms with van der Waals surface area (Å²) in [5.74, 6) is -0.0197. The van der Waals surface area contributed by atoms with Gasteiger partial charge in [-0.1, -0.05) is 25.1 Å². The second kappa shape index (κ2) is 7.14. The molecule has 0 aromatic heterocycles. The van der Waals surface area contributed by atoms with E-state index < -0.39 is 0 Å². The summed E-state index contributed by atoms with van der Waals surface area (Å²) in [7, 11) is 1.86. The third kappa shape index (κ3) is 3.11. The Bertz CT molecular complexity index is 785. The van der Waals surface area contributed by atoms with E-state index in [9.17, 15) is 14.0 Å². The van der Waals surface area contributed by atoms with E-state index in [0.717, 1.165) is 25.7 Å². The van der Waals surface area contributed by atoms with Gasteiger partial charge in [0.2, 0.25) is 11.8 Å². The van der Waals surface area contributed by atoms with Crippen LogP contribution in [0, 0.1) is 11.2 Å². The first-order valence-electron chi connectivity index (χ1n) is 10.3. The molecule has 1 saturated carbocycles. The molecule has 1 aromatic carbocycles. The van der Waals surface area contributed by atoms with Crippen LogP contribution in [0.15, 0.2) is 24.3 Å². The first-order valence-corrected chi connectivity index (χ1v) is 10.3. The summed E-state index contributed by atoms with van der Waals surface area (Å²) >= 11 is 0. The lowest BCUT2D eigenvalue weighted by molar-refractivity contribution is -0.141. The quantitative estimate of drug-likeness (QED) is 0.798. The van der Waals surface area contributed by atoms with Gasteiger partial charge in [0, 0.05) is 43.1 Å². The van der Waals surface area contributed by atoms with Crippen molar-refractivity contribution in [3.05, 3.63) is 35.6 Å². The predicted molar refractivity (Wildman–Crippen MR) is 105 cm³/mol. The van der Waals surface area contributed by atoms with E-state index in [1.54, 1.807) is 19.1 Å². The van der Waals surface area contributed by atoms with Crippen LogP contribution in [0.2, 0.25) is 0 Å². The molecule has 4 rings (SSSR count). The van der Waals surface area contributed by atoms with E-state index >= 15 is 0 Å². The number of rotatable bonds is 4. The largest absolute Gasteiger partial charge is 0.336 e. The summed E-state index contributed by atoms with van der Waals surface area (Å²) < 4.78 is 13.9. The molecule has 28 heavy (non-hydrogen) atoms. The van der Waals surface area contributed by atoms with E-state index in [4.69, 9.17) is 0 Å². The van der Waals surface area contributed by atoms with Crippen molar-refractivity contribution in [2.45, 2.75) is 64.2 Å². The van der Waals surface area contributed by atoms with E-state index in [-0.39, 0.29) is 47.7 Å². The Morgan fingerprint density at radius 1 is 1.25 bits per heavy atom. The number of hydrogen-bond acceptors (Lipinski definition) is 3. The molecule has 0 N–H and O–H groups in total. The lowest BCUT2D eigenvalue weighted by Crippen LogP contribution is -2.59. The van der Waals surface area contributed by atoms with Crippen molar-refractivity contribution in [2.75, 3.05) is 20.1 Å². The van der Waals surface area contributed by atoms with Crippen molar-refractivity contribution in [2.24, 2.45) is 5.41 Å². The van der Waals surface area contributed by atoms with Gasteiger partial charge >= 0.3 is 0 Å². The standard InChI is InChI=1S/C22H30FN3O2/c1-15(27)26-17-11-22(2)19(9-6-10-20(22)26)25(13-17)21(28)14-24(3)12-16-7-4-5-8-18(16)23/h4-5,7-8,17,19-20H,6,9-14H2,1-3H3/t17-,19+,20-,22+/m0/s1. The molecule has 1 aromatic rings. The van der Waals surface area contributed by atoms with Gasteiger partial charge < -0.3 is 9.80 Å². The molecule has 152 valence electrons. The third-order valence-corrected chi connectivity index (χ3v) is 7.15. The second-order valence-corrected chi connectivity index (χ2v) is 9.06. The highest BCUT2D eigenvalue weighted by Gasteiger charge is 2.61. The molecule has 6 heteroatoms. The Morgan fingerprint density at radius 2 is 1.96 bits per heavy atom. The van der Waals surface area contributed by atoms with Crippen molar-refractivity contribution in [3.8, 4) is 0 Å². The van der Waals surface area contributed by atoms with Crippen LogP contribution < -0.4 is 0 Å². The average Bonchev–Trinajstić information content (AvgIpc) is 2.93. The first kappa shape index (κ1) is 19.4. The highest BCUT2D eigenvalue weighted by atomic mass is 19.1. The molecule has 0 spiro atoms. The van der Waals surface area contributed by atoms with Crippen LogP contribution in [0.3, 0.4) is 0 Å². The monoisotopic (exact) mass is 387 g/mol. The van der Waals surface area contributed by atoms with Crippen molar-refractivity contribution in [1.82, 2.24) is 14.7 Å². The minimum Gasteiger partial charge on any atom is -0.336 e. The molecule has 3 fully saturated rings. The van der Waals surface area contributed by atoms with Crippen molar-refractivity contribution in [1.29, 1.82) is 0 Å². The molecule has 2 amide bonds. The molecule has 2 heterocycles. The Balaban J connectivity index is 1.49.